The zero-order valence-electron chi connectivity index (χ0n) is 18.2. The van der Waals surface area contributed by atoms with E-state index in [0.29, 0.717) is 29.4 Å². The van der Waals surface area contributed by atoms with Crippen LogP contribution in [0.1, 0.15) is 21.6 Å². The highest BCUT2D eigenvalue weighted by Gasteiger charge is 2.13. The molecule has 4 rings (SSSR count). The number of hydrogen-bond donors (Lipinski definition) is 3. The number of rotatable bonds is 8. The number of hydrazone groups is 1. The lowest BCUT2D eigenvalue weighted by atomic mass is 10.1. The fraction of sp³-hybridized carbons (Fsp3) is 0.0800. The van der Waals surface area contributed by atoms with Gasteiger partial charge in [-0.25, -0.2) is 5.43 Å². The highest BCUT2D eigenvalue weighted by atomic mass is 79.9. The zero-order chi connectivity index (χ0) is 23.9. The van der Waals surface area contributed by atoms with Gasteiger partial charge in [-0.3, -0.25) is 9.89 Å². The number of halogens is 1. The van der Waals surface area contributed by atoms with E-state index in [0.717, 1.165) is 15.6 Å². The molecule has 0 saturated heterocycles. The maximum absolute atomic E-state index is 12.4. The van der Waals surface area contributed by atoms with Crippen molar-refractivity contribution in [2.24, 2.45) is 5.10 Å². The van der Waals surface area contributed by atoms with Crippen molar-refractivity contribution in [1.82, 2.24) is 15.6 Å². The van der Waals surface area contributed by atoms with Crippen LogP contribution in [0.2, 0.25) is 0 Å². The van der Waals surface area contributed by atoms with E-state index in [1.54, 1.807) is 37.4 Å². The second-order valence-corrected chi connectivity index (χ2v) is 8.12. The fourth-order valence-electron chi connectivity index (χ4n) is 3.12. The van der Waals surface area contributed by atoms with Crippen molar-refractivity contribution >= 4 is 28.1 Å². The van der Waals surface area contributed by atoms with E-state index in [4.69, 9.17) is 9.47 Å². The van der Waals surface area contributed by atoms with E-state index in [-0.39, 0.29) is 11.4 Å². The smallest absolute Gasteiger partial charge is 0.289 e. The average Bonchev–Trinajstić information content (AvgIpc) is 3.36. The van der Waals surface area contributed by atoms with Crippen molar-refractivity contribution in [3.63, 3.8) is 0 Å². The molecule has 0 unspecified atom stereocenters. The molecule has 0 saturated carbocycles. The minimum Gasteiger partial charge on any atom is -0.507 e. The highest BCUT2D eigenvalue weighted by molar-refractivity contribution is 9.10. The third kappa shape index (κ3) is 5.62. The Bertz CT molecular complexity index is 1320. The monoisotopic (exact) mass is 520 g/mol. The van der Waals surface area contributed by atoms with Crippen molar-refractivity contribution in [2.75, 3.05) is 7.11 Å². The van der Waals surface area contributed by atoms with Crippen molar-refractivity contribution < 1.29 is 19.4 Å². The maximum Gasteiger partial charge on any atom is 0.289 e. The Morgan fingerprint density at radius 2 is 1.94 bits per heavy atom. The minimum absolute atomic E-state index is 0.0511. The second kappa shape index (κ2) is 10.7. The summed E-state index contributed by atoms with van der Waals surface area (Å²) in [6, 6.07) is 21.8. The van der Waals surface area contributed by atoms with Crippen LogP contribution in [0.3, 0.4) is 0 Å². The Morgan fingerprint density at radius 1 is 1.12 bits per heavy atom. The van der Waals surface area contributed by atoms with Crippen molar-refractivity contribution in [2.45, 2.75) is 6.61 Å². The molecular weight excluding hydrogens is 500 g/mol. The standard InChI is InChI=1S/C25H21BrN4O4/c1-33-24-12-17(7-10-23(24)34-15-16-5-3-2-4-6-16)20-13-21(29-28-20)25(32)30-27-14-18-11-19(26)8-9-22(18)31/h2-14,31H,15H2,1H3,(H,28,29)(H,30,32). The number of hydrogen-bond acceptors (Lipinski definition) is 6. The summed E-state index contributed by atoms with van der Waals surface area (Å²) in [5.74, 6) is 0.740. The number of H-pyrrole nitrogens is 1. The van der Waals surface area contributed by atoms with Gasteiger partial charge in [0.2, 0.25) is 0 Å². The van der Waals surface area contributed by atoms with Crippen LogP contribution in [0.15, 0.2) is 82.4 Å². The van der Waals surface area contributed by atoms with Crippen LogP contribution in [0, 0.1) is 0 Å². The first-order chi connectivity index (χ1) is 16.5. The Kier molecular flexibility index (Phi) is 7.24. The second-order valence-electron chi connectivity index (χ2n) is 7.21. The molecule has 3 N–H and O–H groups in total. The Balaban J connectivity index is 1.43. The van der Waals surface area contributed by atoms with Gasteiger partial charge < -0.3 is 14.6 Å². The third-order valence-electron chi connectivity index (χ3n) is 4.88. The molecule has 4 aromatic rings. The first-order valence-corrected chi connectivity index (χ1v) is 11.1. The number of benzene rings is 3. The summed E-state index contributed by atoms with van der Waals surface area (Å²) >= 11 is 3.32. The fourth-order valence-corrected chi connectivity index (χ4v) is 3.50. The van der Waals surface area contributed by atoms with Crippen molar-refractivity contribution in [1.29, 1.82) is 0 Å². The van der Waals surface area contributed by atoms with Gasteiger partial charge >= 0.3 is 0 Å². The summed E-state index contributed by atoms with van der Waals surface area (Å²) in [6.45, 7) is 0.418. The molecular formula is C25H21BrN4O4. The van der Waals surface area contributed by atoms with Crippen LogP contribution >= 0.6 is 15.9 Å². The molecule has 3 aromatic carbocycles. The van der Waals surface area contributed by atoms with Crippen LogP contribution in [-0.2, 0) is 6.61 Å². The van der Waals surface area contributed by atoms with Gasteiger partial charge in [-0.15, -0.1) is 0 Å². The predicted octanol–water partition coefficient (Wildman–Crippen LogP) is 4.90. The van der Waals surface area contributed by atoms with Crippen LogP contribution < -0.4 is 14.9 Å². The van der Waals surface area contributed by atoms with Crippen molar-refractivity contribution in [3.8, 4) is 28.5 Å². The number of aromatic hydroxyl groups is 1. The number of ether oxygens (including phenoxy) is 2. The van der Waals surface area contributed by atoms with E-state index in [1.165, 1.54) is 12.3 Å². The molecule has 0 aliphatic carbocycles. The van der Waals surface area contributed by atoms with Gasteiger partial charge in [0.25, 0.3) is 5.91 Å². The average molecular weight is 521 g/mol. The molecule has 0 aliphatic rings. The van der Waals surface area contributed by atoms with E-state index in [1.807, 2.05) is 36.4 Å². The Labute approximate surface area is 204 Å². The quantitative estimate of drug-likeness (QED) is 0.226. The number of aromatic nitrogens is 2. The summed E-state index contributed by atoms with van der Waals surface area (Å²) in [5.41, 5.74) is 5.47. The molecule has 0 bridgehead atoms. The molecule has 1 amide bonds. The van der Waals surface area contributed by atoms with E-state index >= 15 is 0 Å². The molecule has 0 radical (unpaired) electrons. The van der Waals surface area contributed by atoms with Gasteiger partial charge in [0.05, 0.1) is 19.0 Å². The largest absolute Gasteiger partial charge is 0.507 e. The minimum atomic E-state index is -0.473. The van der Waals surface area contributed by atoms with Gasteiger partial charge in [0, 0.05) is 15.6 Å². The number of phenols is 1. The number of nitrogens with one attached hydrogen (secondary N) is 2. The van der Waals surface area contributed by atoms with E-state index in [2.05, 4.69) is 36.7 Å². The van der Waals surface area contributed by atoms with Crippen LogP contribution in [-0.4, -0.2) is 34.5 Å². The van der Waals surface area contributed by atoms with Gasteiger partial charge in [-0.05, 0) is 48.0 Å². The summed E-state index contributed by atoms with van der Waals surface area (Å²) in [4.78, 5) is 12.4. The van der Waals surface area contributed by atoms with Crippen LogP contribution in [0.4, 0.5) is 0 Å². The van der Waals surface area contributed by atoms with Crippen LogP contribution in [0.25, 0.3) is 11.3 Å². The lowest BCUT2D eigenvalue weighted by Gasteiger charge is -2.11. The van der Waals surface area contributed by atoms with Gasteiger partial charge in [0.15, 0.2) is 11.5 Å². The highest BCUT2D eigenvalue weighted by Crippen LogP contribution is 2.32. The Morgan fingerprint density at radius 3 is 2.74 bits per heavy atom. The molecule has 34 heavy (non-hydrogen) atoms. The third-order valence-corrected chi connectivity index (χ3v) is 5.37. The molecule has 8 nitrogen and oxygen atoms in total. The molecule has 0 atom stereocenters. The first-order valence-electron chi connectivity index (χ1n) is 10.3. The number of amides is 1. The van der Waals surface area contributed by atoms with Gasteiger partial charge in [0.1, 0.15) is 18.1 Å². The van der Waals surface area contributed by atoms with Crippen LogP contribution in [0.5, 0.6) is 17.2 Å². The molecule has 9 heteroatoms. The molecule has 0 fully saturated rings. The summed E-state index contributed by atoms with van der Waals surface area (Å²) in [6.07, 6.45) is 1.36. The molecule has 0 spiro atoms. The molecule has 172 valence electrons. The zero-order valence-corrected chi connectivity index (χ0v) is 19.7. The van der Waals surface area contributed by atoms with Gasteiger partial charge in [-0.1, -0.05) is 46.3 Å². The number of carbonyl (C=O) groups excluding carboxylic acids is 1. The summed E-state index contributed by atoms with van der Waals surface area (Å²) in [5, 5.41) is 20.7. The number of carbonyl (C=O) groups is 1. The van der Waals surface area contributed by atoms with Gasteiger partial charge in [-0.2, -0.15) is 10.2 Å². The number of nitrogens with zero attached hydrogens (tertiary/aromatic N) is 2. The van der Waals surface area contributed by atoms with E-state index in [9.17, 15) is 9.90 Å². The topological polar surface area (TPSA) is 109 Å². The van der Waals surface area contributed by atoms with Crippen molar-refractivity contribution in [3.05, 3.63) is 94.1 Å². The summed E-state index contributed by atoms with van der Waals surface area (Å²) in [7, 11) is 1.57. The number of methoxy groups -OCH3 is 1. The summed E-state index contributed by atoms with van der Waals surface area (Å²) < 4.78 is 12.1. The number of aromatic amines is 1. The number of phenolic OH excluding ortho intramolecular Hbond substituents is 1. The van der Waals surface area contributed by atoms with E-state index < -0.39 is 5.91 Å². The predicted molar refractivity (Wildman–Crippen MR) is 132 cm³/mol. The first kappa shape index (κ1) is 23.1. The maximum atomic E-state index is 12.4. The molecule has 1 heterocycles. The normalized spacial score (nSPS) is 10.9. The lowest BCUT2D eigenvalue weighted by Crippen LogP contribution is -2.18. The Hall–Kier alpha value is -4.11. The lowest BCUT2D eigenvalue weighted by molar-refractivity contribution is 0.0950. The SMILES string of the molecule is COc1cc(-c2cc(C(=O)NN=Cc3cc(Br)ccc3O)[nH]n2)ccc1OCc1ccccc1. The molecule has 0 aliphatic heterocycles. The molecule has 1 aromatic heterocycles.